The van der Waals surface area contributed by atoms with E-state index in [0.717, 1.165) is 36.0 Å². The van der Waals surface area contributed by atoms with Crippen LogP contribution in [0, 0.1) is 17.2 Å². The molecule has 184 valence electrons. The Morgan fingerprint density at radius 1 is 1.26 bits per heavy atom. The number of halogens is 2. The molecule has 0 atom stereocenters. The number of benzene rings is 1. The molecule has 3 heterocycles. The van der Waals surface area contributed by atoms with E-state index in [4.69, 9.17) is 11.6 Å². The van der Waals surface area contributed by atoms with E-state index in [1.54, 1.807) is 25.3 Å². The molecular formula is C27H29ClFN3O3. The molecule has 0 saturated heterocycles. The van der Waals surface area contributed by atoms with Crippen LogP contribution in [0.3, 0.4) is 0 Å². The summed E-state index contributed by atoms with van der Waals surface area (Å²) in [5, 5.41) is 10.9. The van der Waals surface area contributed by atoms with E-state index in [0.29, 0.717) is 49.5 Å². The largest absolute Gasteiger partial charge is 0.481 e. The normalized spacial score (nSPS) is 22.3. The summed E-state index contributed by atoms with van der Waals surface area (Å²) < 4.78 is 16.6. The fourth-order valence-electron chi connectivity index (χ4n) is 5.57. The van der Waals surface area contributed by atoms with Crippen LogP contribution < -0.4 is 0 Å². The van der Waals surface area contributed by atoms with E-state index in [1.165, 1.54) is 11.6 Å². The standard InChI is InChI=1S/C27H29ClFN3O3/c1-27(26(34)35)9-6-17(7-10-27)13-24(33)31-12-8-20-21-3-2-11-30-25(21)32(23(20)16-31)15-18-4-5-19(28)14-22(18)29/h2-5,11,14,17H,6-10,12-13,15-16H2,1H3,(H,34,35)/t17-,27+. The van der Waals surface area contributed by atoms with Crippen LogP contribution in [0.2, 0.25) is 5.02 Å². The first-order chi connectivity index (χ1) is 16.7. The summed E-state index contributed by atoms with van der Waals surface area (Å²) >= 11 is 5.94. The summed E-state index contributed by atoms with van der Waals surface area (Å²) in [6.07, 6.45) is 5.63. The molecule has 1 fully saturated rings. The van der Waals surface area contributed by atoms with Crippen molar-refractivity contribution >= 4 is 34.5 Å². The third-order valence-corrected chi connectivity index (χ3v) is 8.13. The van der Waals surface area contributed by atoms with Crippen LogP contribution in [-0.4, -0.2) is 38.0 Å². The first-order valence-corrected chi connectivity index (χ1v) is 12.5. The predicted molar refractivity (Wildman–Crippen MR) is 132 cm³/mol. The molecule has 1 aromatic carbocycles. The van der Waals surface area contributed by atoms with Crippen LogP contribution >= 0.6 is 11.6 Å². The van der Waals surface area contributed by atoms with Gasteiger partial charge in [0, 0.05) is 40.8 Å². The van der Waals surface area contributed by atoms with Crippen molar-refractivity contribution in [1.82, 2.24) is 14.5 Å². The maximum absolute atomic E-state index is 14.6. The highest BCUT2D eigenvalue weighted by Crippen LogP contribution is 2.40. The molecule has 1 N–H and O–H groups in total. The third-order valence-electron chi connectivity index (χ3n) is 7.90. The van der Waals surface area contributed by atoms with Crippen LogP contribution in [0.5, 0.6) is 0 Å². The maximum Gasteiger partial charge on any atom is 0.309 e. The summed E-state index contributed by atoms with van der Waals surface area (Å²) in [4.78, 5) is 31.3. The van der Waals surface area contributed by atoms with E-state index in [2.05, 4.69) is 4.98 Å². The molecule has 8 heteroatoms. The van der Waals surface area contributed by atoms with Crippen molar-refractivity contribution in [3.05, 3.63) is 64.2 Å². The molecule has 6 nitrogen and oxygen atoms in total. The molecule has 1 amide bonds. The number of carboxylic acid groups (broad SMARTS) is 1. The van der Waals surface area contributed by atoms with Crippen molar-refractivity contribution in [2.45, 2.75) is 58.5 Å². The number of carbonyl (C=O) groups excluding carboxylic acids is 1. The number of fused-ring (bicyclic) bond motifs is 3. The predicted octanol–water partition coefficient (Wildman–Crippen LogP) is 5.43. The number of amides is 1. The van der Waals surface area contributed by atoms with E-state index in [-0.39, 0.29) is 17.6 Å². The second-order valence-electron chi connectivity index (χ2n) is 10.2. The van der Waals surface area contributed by atoms with Gasteiger partial charge in [-0.1, -0.05) is 17.7 Å². The Bertz CT molecular complexity index is 1300. The van der Waals surface area contributed by atoms with Crippen molar-refractivity contribution in [2.75, 3.05) is 6.54 Å². The average Bonchev–Trinajstić information content (AvgIpc) is 3.15. The number of pyridine rings is 1. The molecule has 2 aliphatic rings. The van der Waals surface area contributed by atoms with Gasteiger partial charge < -0.3 is 14.6 Å². The molecule has 2 aromatic heterocycles. The molecule has 1 aliphatic carbocycles. The Kier molecular flexibility index (Phi) is 6.30. The lowest BCUT2D eigenvalue weighted by atomic mass is 9.71. The van der Waals surface area contributed by atoms with Gasteiger partial charge in [0.2, 0.25) is 5.91 Å². The van der Waals surface area contributed by atoms with Gasteiger partial charge in [-0.3, -0.25) is 9.59 Å². The van der Waals surface area contributed by atoms with Gasteiger partial charge in [-0.2, -0.15) is 0 Å². The zero-order valence-electron chi connectivity index (χ0n) is 19.8. The number of hydrogen-bond acceptors (Lipinski definition) is 3. The van der Waals surface area contributed by atoms with Gasteiger partial charge in [0.1, 0.15) is 11.5 Å². The smallest absolute Gasteiger partial charge is 0.309 e. The van der Waals surface area contributed by atoms with Crippen LogP contribution in [0.4, 0.5) is 4.39 Å². The van der Waals surface area contributed by atoms with Crippen LogP contribution in [0.25, 0.3) is 11.0 Å². The molecule has 0 bridgehead atoms. The van der Waals surface area contributed by atoms with Gasteiger partial charge in [0.05, 0.1) is 18.5 Å². The first kappa shape index (κ1) is 23.8. The topological polar surface area (TPSA) is 75.4 Å². The van der Waals surface area contributed by atoms with Gasteiger partial charge >= 0.3 is 5.97 Å². The van der Waals surface area contributed by atoms with Crippen molar-refractivity contribution in [3.63, 3.8) is 0 Å². The molecule has 1 aliphatic heterocycles. The summed E-state index contributed by atoms with van der Waals surface area (Å²) in [5.74, 6) is -0.795. The van der Waals surface area contributed by atoms with E-state index < -0.39 is 11.4 Å². The molecular weight excluding hydrogens is 469 g/mol. The van der Waals surface area contributed by atoms with E-state index in [9.17, 15) is 19.1 Å². The third kappa shape index (κ3) is 4.54. The second-order valence-corrected chi connectivity index (χ2v) is 10.6. The highest BCUT2D eigenvalue weighted by Gasteiger charge is 2.38. The number of nitrogens with zero attached hydrogens (tertiary/aromatic N) is 3. The quantitative estimate of drug-likeness (QED) is 0.509. The lowest BCUT2D eigenvalue weighted by molar-refractivity contribution is -0.150. The second kappa shape index (κ2) is 9.26. The number of carboxylic acids is 1. The Labute approximate surface area is 208 Å². The minimum Gasteiger partial charge on any atom is -0.481 e. The van der Waals surface area contributed by atoms with Crippen molar-refractivity contribution in [2.24, 2.45) is 11.3 Å². The van der Waals surface area contributed by atoms with E-state index in [1.807, 2.05) is 21.6 Å². The Hall–Kier alpha value is -2.93. The Morgan fingerprint density at radius 3 is 2.74 bits per heavy atom. The van der Waals surface area contributed by atoms with Gasteiger partial charge in [-0.25, -0.2) is 9.37 Å². The highest BCUT2D eigenvalue weighted by atomic mass is 35.5. The van der Waals surface area contributed by atoms with Crippen LogP contribution in [-0.2, 0) is 29.1 Å². The minimum atomic E-state index is -0.746. The zero-order valence-corrected chi connectivity index (χ0v) is 20.5. The molecule has 0 unspecified atom stereocenters. The van der Waals surface area contributed by atoms with Crippen LogP contribution in [0.1, 0.15) is 55.8 Å². The fourth-order valence-corrected chi connectivity index (χ4v) is 5.73. The minimum absolute atomic E-state index is 0.0991. The zero-order chi connectivity index (χ0) is 24.7. The fraction of sp³-hybridized carbons (Fsp3) is 0.444. The molecule has 0 spiro atoms. The number of aromatic nitrogens is 2. The summed E-state index contributed by atoms with van der Waals surface area (Å²) in [6.45, 7) is 3.20. The van der Waals surface area contributed by atoms with Gasteiger partial charge in [-0.15, -0.1) is 0 Å². The number of hydrogen-bond donors (Lipinski definition) is 1. The highest BCUT2D eigenvalue weighted by molar-refractivity contribution is 6.30. The van der Waals surface area contributed by atoms with Crippen molar-refractivity contribution in [1.29, 1.82) is 0 Å². The van der Waals surface area contributed by atoms with Crippen molar-refractivity contribution < 1.29 is 19.1 Å². The SMILES string of the molecule is C[C@]1(C(=O)O)CC[C@@H](CC(=O)N2CCc3c(n(Cc4ccc(Cl)cc4F)c4ncccc34)C2)CC1. The molecule has 35 heavy (non-hydrogen) atoms. The molecule has 5 rings (SSSR count). The van der Waals surface area contributed by atoms with Gasteiger partial charge in [0.15, 0.2) is 0 Å². The summed E-state index contributed by atoms with van der Waals surface area (Å²) in [5.41, 5.74) is 2.80. The molecule has 1 saturated carbocycles. The lowest BCUT2D eigenvalue weighted by Crippen LogP contribution is -2.39. The molecule has 3 aromatic rings. The Balaban J connectivity index is 1.36. The average molecular weight is 498 g/mol. The summed E-state index contributed by atoms with van der Waals surface area (Å²) in [6, 6.07) is 8.63. The number of carbonyl (C=O) groups is 2. The summed E-state index contributed by atoms with van der Waals surface area (Å²) in [7, 11) is 0. The maximum atomic E-state index is 14.6. The lowest BCUT2D eigenvalue weighted by Gasteiger charge is -2.35. The van der Waals surface area contributed by atoms with E-state index >= 15 is 0 Å². The molecule has 0 radical (unpaired) electrons. The number of aliphatic carboxylic acids is 1. The monoisotopic (exact) mass is 497 g/mol. The van der Waals surface area contributed by atoms with Gasteiger partial charge in [0.25, 0.3) is 0 Å². The Morgan fingerprint density at radius 2 is 2.03 bits per heavy atom. The van der Waals surface area contributed by atoms with Crippen LogP contribution in [0.15, 0.2) is 36.5 Å². The van der Waals surface area contributed by atoms with Gasteiger partial charge in [-0.05, 0) is 74.8 Å². The number of rotatable bonds is 5. The van der Waals surface area contributed by atoms with Crippen molar-refractivity contribution in [3.8, 4) is 0 Å². The first-order valence-electron chi connectivity index (χ1n) is 12.2.